The molecule has 3 fully saturated rings. The Hall–Kier alpha value is -1.49. The fourth-order valence-electron chi connectivity index (χ4n) is 5.81. The maximum Gasteiger partial charge on any atom is 0.323 e. The van der Waals surface area contributed by atoms with Crippen molar-refractivity contribution < 1.29 is 19.4 Å². The average Bonchev–Trinajstić information content (AvgIpc) is 3.41. The fraction of sp³-hybridized carbons (Fsp3) is 0.864. The number of aryl methyl sites for hydroxylation is 1. The first kappa shape index (κ1) is 28.7. The number of tetrazole rings is 1. The number of nitrogens with zero attached hydrogens (tertiary/aromatic N) is 5. The number of carbonyl (C=O) groups is 2. The molecule has 6 atom stereocenters. The van der Waals surface area contributed by atoms with Crippen molar-refractivity contribution in [1.82, 2.24) is 30.4 Å². The molecule has 0 spiro atoms. The SMILES string of the molecule is CCCc1nnn([C@H]2C[C@@H](C(=O)OCC)N(C[C@H]3CC[C@H]4CN[C@H](C(=O)O)C[C@H]4C3)C2)n1.Cl.Cl. The summed E-state index contributed by atoms with van der Waals surface area (Å²) in [4.78, 5) is 28.1. The minimum Gasteiger partial charge on any atom is -0.480 e. The second kappa shape index (κ2) is 13.0. The van der Waals surface area contributed by atoms with Gasteiger partial charge in [-0.05, 0) is 75.0 Å². The number of nitrogens with one attached hydrogen (secondary N) is 1. The maximum absolute atomic E-state index is 12.7. The normalized spacial score (nSPS) is 31.1. The predicted molar refractivity (Wildman–Crippen MR) is 130 cm³/mol. The van der Waals surface area contributed by atoms with E-state index in [1.165, 1.54) is 0 Å². The predicted octanol–water partition coefficient (Wildman–Crippen LogP) is 2.13. The third-order valence-electron chi connectivity index (χ3n) is 7.41. The molecule has 1 aromatic heterocycles. The van der Waals surface area contributed by atoms with Crippen molar-refractivity contribution in [2.75, 3.05) is 26.2 Å². The lowest BCUT2D eigenvalue weighted by atomic mass is 9.69. The van der Waals surface area contributed by atoms with Crippen LogP contribution in [0.25, 0.3) is 0 Å². The van der Waals surface area contributed by atoms with E-state index in [9.17, 15) is 14.7 Å². The molecule has 4 rings (SSSR count). The molecule has 1 aromatic rings. The minimum absolute atomic E-state index is 0. The number of fused-ring (bicyclic) bond motifs is 1. The highest BCUT2D eigenvalue weighted by Crippen LogP contribution is 2.40. The van der Waals surface area contributed by atoms with E-state index in [2.05, 4.69) is 32.6 Å². The Kier molecular flexibility index (Phi) is 11.0. The summed E-state index contributed by atoms with van der Waals surface area (Å²) < 4.78 is 5.38. The van der Waals surface area contributed by atoms with Crippen molar-refractivity contribution in [2.24, 2.45) is 17.8 Å². The molecule has 2 N–H and O–H groups in total. The second-order valence-corrected chi connectivity index (χ2v) is 9.62. The van der Waals surface area contributed by atoms with Crippen LogP contribution in [0.2, 0.25) is 0 Å². The zero-order chi connectivity index (χ0) is 22.7. The molecule has 0 amide bonds. The van der Waals surface area contributed by atoms with Crippen LogP contribution in [0.15, 0.2) is 0 Å². The lowest BCUT2D eigenvalue weighted by molar-refractivity contribution is -0.149. The van der Waals surface area contributed by atoms with E-state index >= 15 is 0 Å². The molecule has 1 aliphatic carbocycles. The van der Waals surface area contributed by atoms with Crippen LogP contribution < -0.4 is 5.32 Å². The maximum atomic E-state index is 12.7. The van der Waals surface area contributed by atoms with Gasteiger partial charge in [-0.2, -0.15) is 4.80 Å². The Labute approximate surface area is 213 Å². The largest absolute Gasteiger partial charge is 0.480 e. The molecule has 3 aliphatic rings. The molecule has 2 saturated heterocycles. The minimum atomic E-state index is -0.752. The fourth-order valence-corrected chi connectivity index (χ4v) is 5.81. The van der Waals surface area contributed by atoms with E-state index in [0.29, 0.717) is 43.7 Å². The van der Waals surface area contributed by atoms with Crippen molar-refractivity contribution in [1.29, 1.82) is 0 Å². The molecule has 34 heavy (non-hydrogen) atoms. The Morgan fingerprint density at radius 1 is 1.15 bits per heavy atom. The van der Waals surface area contributed by atoms with Gasteiger partial charge in [0.2, 0.25) is 0 Å². The number of carboxylic acid groups (broad SMARTS) is 1. The number of likely N-dealkylation sites (tertiary alicyclic amines) is 1. The van der Waals surface area contributed by atoms with Crippen LogP contribution in [0.1, 0.15) is 64.2 Å². The van der Waals surface area contributed by atoms with Crippen LogP contribution in [0, 0.1) is 17.8 Å². The summed E-state index contributed by atoms with van der Waals surface area (Å²) in [6, 6.07) is -0.721. The highest BCUT2D eigenvalue weighted by Gasteiger charge is 2.43. The van der Waals surface area contributed by atoms with E-state index in [0.717, 1.165) is 51.0 Å². The van der Waals surface area contributed by atoms with Gasteiger partial charge in [-0.1, -0.05) is 6.92 Å². The van der Waals surface area contributed by atoms with Gasteiger partial charge in [0.05, 0.1) is 12.6 Å². The number of hydrogen-bond donors (Lipinski definition) is 2. The van der Waals surface area contributed by atoms with Crippen LogP contribution in [0.4, 0.5) is 0 Å². The van der Waals surface area contributed by atoms with Gasteiger partial charge >= 0.3 is 11.9 Å². The smallest absolute Gasteiger partial charge is 0.323 e. The monoisotopic (exact) mass is 520 g/mol. The molecule has 12 heteroatoms. The molecule has 1 saturated carbocycles. The second-order valence-electron chi connectivity index (χ2n) is 9.62. The van der Waals surface area contributed by atoms with Gasteiger partial charge in [-0.15, -0.1) is 35.0 Å². The van der Waals surface area contributed by atoms with E-state index in [1.807, 2.05) is 6.92 Å². The highest BCUT2D eigenvalue weighted by molar-refractivity contribution is 5.85. The van der Waals surface area contributed by atoms with E-state index in [-0.39, 0.29) is 42.9 Å². The Morgan fingerprint density at radius 2 is 1.94 bits per heavy atom. The van der Waals surface area contributed by atoms with Gasteiger partial charge in [-0.25, -0.2) is 0 Å². The number of hydrogen-bond acceptors (Lipinski definition) is 8. The molecule has 3 heterocycles. The van der Waals surface area contributed by atoms with Crippen molar-refractivity contribution in [3.63, 3.8) is 0 Å². The number of carboxylic acids is 1. The number of ether oxygens (including phenoxy) is 1. The van der Waals surface area contributed by atoms with Gasteiger partial charge in [0, 0.05) is 19.5 Å². The van der Waals surface area contributed by atoms with Gasteiger partial charge < -0.3 is 15.2 Å². The van der Waals surface area contributed by atoms with Crippen LogP contribution in [-0.2, 0) is 20.7 Å². The summed E-state index contributed by atoms with van der Waals surface area (Å²) in [5.41, 5.74) is 0. The Bertz CT molecular complexity index is 812. The Balaban J connectivity index is 0.00000204. The first-order valence-corrected chi connectivity index (χ1v) is 12.1. The first-order valence-electron chi connectivity index (χ1n) is 12.1. The molecule has 194 valence electrons. The lowest BCUT2D eigenvalue weighted by Crippen LogP contribution is -2.50. The standard InChI is InChI=1S/C22H36N6O4.2ClH/c1-3-5-20-24-26-28(25-20)17-10-19(22(31)32-4-2)27(13-17)12-14-6-7-15-11-23-18(21(29)30)9-16(15)8-14;;/h14-19,23H,3-13H2,1-2H3,(H,29,30);2*1H/t14-,15-,16+,17-,18-,19-;;/m0../s1. The number of rotatable bonds is 8. The number of halogens is 2. The number of carbonyl (C=O) groups excluding carboxylic acids is 1. The average molecular weight is 521 g/mol. The molecular weight excluding hydrogens is 483 g/mol. The number of aliphatic carboxylic acids is 1. The molecule has 0 bridgehead atoms. The van der Waals surface area contributed by atoms with Gasteiger partial charge in [0.15, 0.2) is 5.82 Å². The van der Waals surface area contributed by atoms with Crippen molar-refractivity contribution in [3.8, 4) is 0 Å². The van der Waals surface area contributed by atoms with E-state index < -0.39 is 12.0 Å². The molecule has 0 unspecified atom stereocenters. The quantitative estimate of drug-likeness (QED) is 0.496. The van der Waals surface area contributed by atoms with E-state index in [1.54, 1.807) is 4.80 Å². The zero-order valence-corrected chi connectivity index (χ0v) is 21.6. The van der Waals surface area contributed by atoms with Crippen molar-refractivity contribution >= 4 is 36.8 Å². The van der Waals surface area contributed by atoms with Crippen LogP contribution >= 0.6 is 24.8 Å². The van der Waals surface area contributed by atoms with Crippen LogP contribution in [-0.4, -0.2) is 80.5 Å². The first-order chi connectivity index (χ1) is 15.5. The summed E-state index contributed by atoms with van der Waals surface area (Å²) >= 11 is 0. The van der Waals surface area contributed by atoms with Crippen LogP contribution in [0.5, 0.6) is 0 Å². The van der Waals surface area contributed by atoms with Crippen molar-refractivity contribution in [3.05, 3.63) is 5.82 Å². The molecular formula is C22H38Cl2N6O4. The summed E-state index contributed by atoms with van der Waals surface area (Å²) in [6.45, 7) is 6.61. The van der Waals surface area contributed by atoms with Gasteiger partial charge in [-0.3, -0.25) is 14.5 Å². The van der Waals surface area contributed by atoms with Crippen molar-refractivity contribution in [2.45, 2.75) is 76.9 Å². The van der Waals surface area contributed by atoms with Gasteiger partial charge in [0.25, 0.3) is 0 Å². The van der Waals surface area contributed by atoms with Gasteiger partial charge in [0.1, 0.15) is 12.1 Å². The zero-order valence-electron chi connectivity index (χ0n) is 20.0. The molecule has 0 radical (unpaired) electrons. The summed E-state index contributed by atoms with van der Waals surface area (Å²) in [7, 11) is 0. The lowest BCUT2D eigenvalue weighted by Gasteiger charge is -2.42. The molecule has 10 nitrogen and oxygen atoms in total. The number of aromatic nitrogens is 4. The summed E-state index contributed by atoms with van der Waals surface area (Å²) in [5, 5.41) is 25.5. The molecule has 2 aliphatic heterocycles. The third kappa shape index (κ3) is 6.59. The van der Waals surface area contributed by atoms with Crippen LogP contribution in [0.3, 0.4) is 0 Å². The summed E-state index contributed by atoms with van der Waals surface area (Å²) in [6.07, 6.45) is 6.34. The summed E-state index contributed by atoms with van der Waals surface area (Å²) in [5.74, 6) is 1.27. The Morgan fingerprint density at radius 3 is 2.65 bits per heavy atom. The number of esters is 1. The highest BCUT2D eigenvalue weighted by atomic mass is 35.5. The molecule has 0 aromatic carbocycles. The third-order valence-corrected chi connectivity index (χ3v) is 7.41. The number of piperidine rings is 1. The topological polar surface area (TPSA) is 122 Å². The van der Waals surface area contributed by atoms with E-state index in [4.69, 9.17) is 4.74 Å².